The molecule has 0 saturated carbocycles. The summed E-state index contributed by atoms with van der Waals surface area (Å²) >= 11 is 1.61. The molecule has 0 bridgehead atoms. The van der Waals surface area contributed by atoms with Crippen molar-refractivity contribution in [1.29, 1.82) is 5.26 Å². The fraction of sp³-hybridized carbons (Fsp3) is 0.273. The molecule has 2 heterocycles. The lowest BCUT2D eigenvalue weighted by atomic mass is 10.1. The second kappa shape index (κ2) is 8.87. The van der Waals surface area contributed by atoms with Gasteiger partial charge >= 0.3 is 5.97 Å². The highest BCUT2D eigenvalue weighted by Gasteiger charge is 2.15. The van der Waals surface area contributed by atoms with Gasteiger partial charge in [0.05, 0.1) is 6.61 Å². The number of fused-ring (bicyclic) bond motifs is 1. The van der Waals surface area contributed by atoms with Gasteiger partial charge in [0.2, 0.25) is 0 Å². The first-order valence-corrected chi connectivity index (χ1v) is 9.82. The van der Waals surface area contributed by atoms with Crippen molar-refractivity contribution in [2.45, 2.75) is 27.0 Å². The van der Waals surface area contributed by atoms with Crippen LogP contribution in [0.5, 0.6) is 0 Å². The van der Waals surface area contributed by atoms with Crippen molar-refractivity contribution >= 4 is 33.5 Å². The van der Waals surface area contributed by atoms with Gasteiger partial charge in [-0.1, -0.05) is 18.2 Å². The number of thiophene rings is 1. The predicted octanol–water partition coefficient (Wildman–Crippen LogP) is 4.62. The number of esters is 1. The summed E-state index contributed by atoms with van der Waals surface area (Å²) in [5, 5.41) is 12.5. The molecule has 0 aliphatic heterocycles. The minimum atomic E-state index is -0.612. The van der Waals surface area contributed by atoms with Gasteiger partial charge in [-0.05, 0) is 48.4 Å². The van der Waals surface area contributed by atoms with Crippen LogP contribution in [0.3, 0.4) is 0 Å². The van der Waals surface area contributed by atoms with Crippen molar-refractivity contribution in [3.63, 3.8) is 0 Å². The molecule has 0 unspecified atom stereocenters. The zero-order valence-corrected chi connectivity index (χ0v) is 17.0. The first-order valence-electron chi connectivity index (χ1n) is 8.95. The lowest BCUT2D eigenvalue weighted by molar-refractivity contribution is -0.139. The second-order valence-corrected chi connectivity index (χ2v) is 7.39. The minimum absolute atomic E-state index is 0.00785. The van der Waals surface area contributed by atoms with Gasteiger partial charge < -0.3 is 14.0 Å². The number of nitriles is 1. The maximum Gasteiger partial charge on any atom is 0.349 e. The molecule has 0 aliphatic rings. The standard InChI is InChI=1S/C22H22N2O3S/c1-15-10-17(16(2)24(15)8-9-26-3)11-18(12-23)22(25)27-13-19-14-28-21-7-5-4-6-20(19)21/h4-7,10-11,14H,8-9,13H2,1-3H3/b18-11-. The number of hydrogen-bond donors (Lipinski definition) is 0. The Bertz CT molecular complexity index is 1070. The number of aryl methyl sites for hydroxylation is 1. The summed E-state index contributed by atoms with van der Waals surface area (Å²) in [6.45, 7) is 5.42. The summed E-state index contributed by atoms with van der Waals surface area (Å²) in [4.78, 5) is 12.4. The molecule has 0 aliphatic carbocycles. The average Bonchev–Trinajstić information content (AvgIpc) is 3.23. The Balaban J connectivity index is 1.76. The lowest BCUT2D eigenvalue weighted by Crippen LogP contribution is -2.08. The van der Waals surface area contributed by atoms with Crippen molar-refractivity contribution in [2.75, 3.05) is 13.7 Å². The number of carbonyl (C=O) groups is 1. The SMILES string of the molecule is COCCn1c(C)cc(/C=C(/C#N)C(=O)OCc2csc3ccccc23)c1C. The highest BCUT2D eigenvalue weighted by atomic mass is 32.1. The molecule has 0 spiro atoms. The first kappa shape index (κ1) is 19.9. The van der Waals surface area contributed by atoms with Crippen LogP contribution < -0.4 is 0 Å². The summed E-state index contributed by atoms with van der Waals surface area (Å²) in [5.74, 6) is -0.612. The maximum atomic E-state index is 12.4. The molecule has 0 radical (unpaired) electrons. The highest BCUT2D eigenvalue weighted by molar-refractivity contribution is 7.17. The fourth-order valence-corrected chi connectivity index (χ4v) is 4.11. The van der Waals surface area contributed by atoms with Crippen LogP contribution in [0.15, 0.2) is 41.3 Å². The molecule has 0 N–H and O–H groups in total. The van der Waals surface area contributed by atoms with E-state index in [0.29, 0.717) is 6.61 Å². The van der Waals surface area contributed by atoms with Crippen LogP contribution in [-0.4, -0.2) is 24.3 Å². The molecule has 3 rings (SSSR count). The topological polar surface area (TPSA) is 64.2 Å². The van der Waals surface area contributed by atoms with Gasteiger partial charge in [-0.15, -0.1) is 11.3 Å². The molecule has 2 aromatic heterocycles. The molecule has 0 fully saturated rings. The number of rotatable bonds is 7. The fourth-order valence-electron chi connectivity index (χ4n) is 3.16. The molecule has 0 atom stereocenters. The van der Waals surface area contributed by atoms with Gasteiger partial charge in [-0.2, -0.15) is 5.26 Å². The largest absolute Gasteiger partial charge is 0.457 e. The van der Waals surface area contributed by atoms with E-state index in [1.54, 1.807) is 24.5 Å². The molecular weight excluding hydrogens is 372 g/mol. The number of benzene rings is 1. The number of methoxy groups -OCH3 is 1. The Morgan fingerprint density at radius 1 is 1.32 bits per heavy atom. The first-order chi connectivity index (χ1) is 13.5. The number of hydrogen-bond acceptors (Lipinski definition) is 5. The number of carbonyl (C=O) groups excluding carboxylic acids is 1. The summed E-state index contributed by atoms with van der Waals surface area (Å²) in [6.07, 6.45) is 1.60. The van der Waals surface area contributed by atoms with E-state index in [1.165, 1.54) is 0 Å². The highest BCUT2D eigenvalue weighted by Crippen LogP contribution is 2.26. The number of nitrogens with zero attached hydrogens (tertiary/aromatic N) is 2. The lowest BCUT2D eigenvalue weighted by Gasteiger charge is -2.08. The molecule has 0 amide bonds. The minimum Gasteiger partial charge on any atom is -0.457 e. The van der Waals surface area contributed by atoms with E-state index in [2.05, 4.69) is 4.57 Å². The number of ether oxygens (including phenoxy) is 2. The van der Waals surface area contributed by atoms with E-state index in [-0.39, 0.29) is 12.2 Å². The molecular formula is C22H22N2O3S. The van der Waals surface area contributed by atoms with Crippen molar-refractivity contribution in [1.82, 2.24) is 4.57 Å². The van der Waals surface area contributed by atoms with E-state index in [1.807, 2.05) is 55.6 Å². The van der Waals surface area contributed by atoms with Crippen LogP contribution in [0.1, 0.15) is 22.5 Å². The van der Waals surface area contributed by atoms with Crippen molar-refractivity contribution in [3.8, 4) is 6.07 Å². The zero-order chi connectivity index (χ0) is 20.1. The van der Waals surface area contributed by atoms with Crippen molar-refractivity contribution in [3.05, 3.63) is 63.8 Å². The molecule has 144 valence electrons. The maximum absolute atomic E-state index is 12.4. The third-order valence-corrected chi connectivity index (χ3v) is 5.70. The van der Waals surface area contributed by atoms with Gasteiger partial charge in [0.15, 0.2) is 0 Å². The summed E-state index contributed by atoms with van der Waals surface area (Å²) in [7, 11) is 1.66. The van der Waals surface area contributed by atoms with Crippen LogP contribution in [0.2, 0.25) is 0 Å². The van der Waals surface area contributed by atoms with E-state index >= 15 is 0 Å². The van der Waals surface area contributed by atoms with Crippen LogP contribution in [0, 0.1) is 25.2 Å². The number of aromatic nitrogens is 1. The monoisotopic (exact) mass is 394 g/mol. The van der Waals surface area contributed by atoms with Crippen LogP contribution >= 0.6 is 11.3 Å². The van der Waals surface area contributed by atoms with Crippen LogP contribution in [0.4, 0.5) is 0 Å². The third-order valence-electron chi connectivity index (χ3n) is 4.69. The molecule has 3 aromatic rings. The van der Waals surface area contributed by atoms with Gasteiger partial charge in [0.25, 0.3) is 0 Å². The van der Waals surface area contributed by atoms with E-state index < -0.39 is 5.97 Å². The summed E-state index contributed by atoms with van der Waals surface area (Å²) in [6, 6.07) is 11.9. The van der Waals surface area contributed by atoms with Gasteiger partial charge in [-0.3, -0.25) is 0 Å². The van der Waals surface area contributed by atoms with Gasteiger partial charge in [-0.25, -0.2) is 4.79 Å². The van der Waals surface area contributed by atoms with Crippen LogP contribution in [0.25, 0.3) is 16.2 Å². The quantitative estimate of drug-likeness (QED) is 0.333. The second-order valence-electron chi connectivity index (χ2n) is 6.47. The van der Waals surface area contributed by atoms with Crippen molar-refractivity contribution in [2.24, 2.45) is 0 Å². The Hall–Kier alpha value is -2.88. The molecule has 6 heteroatoms. The molecule has 0 saturated heterocycles. The van der Waals surface area contributed by atoms with Crippen LogP contribution in [-0.2, 0) is 27.4 Å². The average molecular weight is 394 g/mol. The Kier molecular flexibility index (Phi) is 6.30. The van der Waals surface area contributed by atoms with Gasteiger partial charge in [0.1, 0.15) is 18.2 Å². The van der Waals surface area contributed by atoms with E-state index in [9.17, 15) is 10.1 Å². The molecule has 5 nitrogen and oxygen atoms in total. The Morgan fingerprint density at radius 3 is 2.86 bits per heavy atom. The summed E-state index contributed by atoms with van der Waals surface area (Å²) < 4.78 is 13.8. The van der Waals surface area contributed by atoms with E-state index in [4.69, 9.17) is 9.47 Å². The smallest absolute Gasteiger partial charge is 0.349 e. The van der Waals surface area contributed by atoms with E-state index in [0.717, 1.165) is 39.1 Å². The van der Waals surface area contributed by atoms with Gasteiger partial charge in [0, 0.05) is 35.3 Å². The Labute approximate surface area is 168 Å². The third kappa shape index (κ3) is 4.16. The molecule has 1 aromatic carbocycles. The normalized spacial score (nSPS) is 11.6. The predicted molar refractivity (Wildman–Crippen MR) is 111 cm³/mol. The molecule has 28 heavy (non-hydrogen) atoms. The Morgan fingerprint density at radius 2 is 2.11 bits per heavy atom. The zero-order valence-electron chi connectivity index (χ0n) is 16.2. The summed E-state index contributed by atoms with van der Waals surface area (Å²) in [5.41, 5.74) is 3.81. The van der Waals surface area contributed by atoms with Crippen molar-refractivity contribution < 1.29 is 14.3 Å².